The third-order valence-corrected chi connectivity index (χ3v) is 5.69. The lowest BCUT2D eigenvalue weighted by Gasteiger charge is -2.22. The van der Waals surface area contributed by atoms with E-state index >= 15 is 0 Å². The predicted octanol–water partition coefficient (Wildman–Crippen LogP) is 5.30. The molecule has 2 N–H and O–H groups in total. The Morgan fingerprint density at radius 1 is 0.833 bits per heavy atom. The molecule has 220 valence electrons. The summed E-state index contributed by atoms with van der Waals surface area (Å²) in [5.41, 5.74) is 2.10. The van der Waals surface area contributed by atoms with Gasteiger partial charge in [0.2, 0.25) is 0 Å². The second-order valence-corrected chi connectivity index (χ2v) is 11.6. The van der Waals surface area contributed by atoms with Crippen LogP contribution in [0, 0.1) is 0 Å². The standard InChI is InChI=1S/C30H35N7O5/c1-29(2,3)41-27(39)31-17-25(36-19-24(34-35-36)21-10-8-7-9-11-21)26(38)33-23-14-12-20(13-15-23)22-16-32-37(18-22)28(40)42-30(4,5)6/h7-16,18-19,25H,17H2,1-6H3,(H,31,39)(H,33,38). The molecule has 0 saturated carbocycles. The number of carbonyl (C=O) groups excluding carboxylic acids is 3. The van der Waals surface area contributed by atoms with Crippen LogP contribution in [0.25, 0.3) is 22.4 Å². The van der Waals surface area contributed by atoms with Crippen LogP contribution in [0.5, 0.6) is 0 Å². The summed E-state index contributed by atoms with van der Waals surface area (Å²) in [6, 6.07) is 15.6. The third-order valence-electron chi connectivity index (χ3n) is 5.69. The summed E-state index contributed by atoms with van der Waals surface area (Å²) in [4.78, 5) is 38.1. The Balaban J connectivity index is 1.48. The summed E-state index contributed by atoms with van der Waals surface area (Å²) in [5.74, 6) is -0.416. The second-order valence-electron chi connectivity index (χ2n) is 11.6. The van der Waals surface area contributed by atoms with E-state index in [0.717, 1.165) is 15.8 Å². The number of anilines is 1. The van der Waals surface area contributed by atoms with Crippen molar-refractivity contribution < 1.29 is 23.9 Å². The lowest BCUT2D eigenvalue weighted by atomic mass is 10.1. The number of alkyl carbamates (subject to hydrolysis) is 1. The predicted molar refractivity (Wildman–Crippen MR) is 157 cm³/mol. The van der Waals surface area contributed by atoms with Crippen molar-refractivity contribution in [2.45, 2.75) is 58.8 Å². The summed E-state index contributed by atoms with van der Waals surface area (Å²) in [7, 11) is 0. The first kappa shape index (κ1) is 30.0. The molecule has 1 unspecified atom stereocenters. The van der Waals surface area contributed by atoms with Gasteiger partial charge in [0.05, 0.1) is 18.9 Å². The number of hydrogen-bond donors (Lipinski definition) is 2. The number of aromatic nitrogens is 5. The van der Waals surface area contributed by atoms with Crippen molar-refractivity contribution in [3.8, 4) is 22.4 Å². The summed E-state index contributed by atoms with van der Waals surface area (Å²) in [5, 5.41) is 18.0. The molecule has 1 atom stereocenters. The molecule has 0 bridgehead atoms. The Kier molecular flexibility index (Phi) is 8.74. The molecular formula is C30H35N7O5. The molecule has 4 aromatic rings. The Morgan fingerprint density at radius 2 is 1.50 bits per heavy atom. The lowest BCUT2D eigenvalue weighted by Crippen LogP contribution is -2.40. The van der Waals surface area contributed by atoms with Gasteiger partial charge < -0.3 is 20.1 Å². The van der Waals surface area contributed by atoms with Gasteiger partial charge in [-0.15, -0.1) is 5.10 Å². The molecule has 0 spiro atoms. The summed E-state index contributed by atoms with van der Waals surface area (Å²) in [6.45, 7) is 10.5. The van der Waals surface area contributed by atoms with Crippen molar-refractivity contribution in [2.75, 3.05) is 11.9 Å². The van der Waals surface area contributed by atoms with Crippen molar-refractivity contribution in [1.29, 1.82) is 0 Å². The average Bonchev–Trinajstić information content (AvgIpc) is 3.59. The number of carbonyl (C=O) groups is 3. The minimum absolute atomic E-state index is 0.0831. The van der Waals surface area contributed by atoms with Crippen molar-refractivity contribution in [3.05, 3.63) is 73.2 Å². The molecule has 2 heterocycles. The van der Waals surface area contributed by atoms with Gasteiger partial charge in [-0.3, -0.25) is 4.79 Å². The maximum atomic E-state index is 13.4. The minimum Gasteiger partial charge on any atom is -0.444 e. The maximum absolute atomic E-state index is 13.4. The van der Waals surface area contributed by atoms with Gasteiger partial charge in [-0.05, 0) is 59.2 Å². The SMILES string of the molecule is CC(C)(C)OC(=O)NCC(C(=O)Nc1ccc(-c2cnn(C(=O)OC(C)(C)C)c2)cc1)n1cc(-c2ccccc2)nn1. The van der Waals surface area contributed by atoms with Gasteiger partial charge in [0.1, 0.15) is 22.9 Å². The van der Waals surface area contributed by atoms with Gasteiger partial charge in [-0.1, -0.05) is 47.7 Å². The van der Waals surface area contributed by atoms with E-state index < -0.39 is 35.3 Å². The Labute approximate surface area is 244 Å². The molecule has 0 aliphatic heterocycles. The fraction of sp³-hybridized carbons (Fsp3) is 0.333. The molecule has 0 radical (unpaired) electrons. The quantitative estimate of drug-likeness (QED) is 0.303. The molecule has 0 aliphatic carbocycles. The van der Waals surface area contributed by atoms with E-state index in [0.29, 0.717) is 16.9 Å². The number of nitrogens with zero attached hydrogens (tertiary/aromatic N) is 5. The van der Waals surface area contributed by atoms with Crippen molar-refractivity contribution in [1.82, 2.24) is 30.1 Å². The van der Waals surface area contributed by atoms with Gasteiger partial charge in [0.15, 0.2) is 0 Å². The first-order valence-corrected chi connectivity index (χ1v) is 13.4. The Hall–Kier alpha value is -5.00. The highest BCUT2D eigenvalue weighted by Gasteiger charge is 2.25. The number of rotatable bonds is 7. The zero-order chi connectivity index (χ0) is 30.5. The first-order chi connectivity index (χ1) is 19.8. The number of hydrogen-bond acceptors (Lipinski definition) is 8. The van der Waals surface area contributed by atoms with Crippen LogP contribution in [0.15, 0.2) is 73.2 Å². The molecule has 2 aromatic carbocycles. The normalized spacial score (nSPS) is 12.3. The van der Waals surface area contributed by atoms with E-state index in [1.807, 2.05) is 30.3 Å². The number of ether oxygens (including phenoxy) is 2. The molecule has 2 aromatic heterocycles. The highest BCUT2D eigenvalue weighted by molar-refractivity contribution is 5.94. The Morgan fingerprint density at radius 3 is 2.14 bits per heavy atom. The molecule has 42 heavy (non-hydrogen) atoms. The molecular weight excluding hydrogens is 538 g/mol. The monoisotopic (exact) mass is 573 g/mol. The van der Waals surface area contributed by atoms with Gasteiger partial charge in [0, 0.05) is 23.0 Å². The van der Waals surface area contributed by atoms with Gasteiger partial charge >= 0.3 is 12.2 Å². The van der Waals surface area contributed by atoms with Crippen LogP contribution in [0.1, 0.15) is 47.6 Å². The zero-order valence-corrected chi connectivity index (χ0v) is 24.5. The first-order valence-electron chi connectivity index (χ1n) is 13.4. The number of nitrogens with one attached hydrogen (secondary N) is 2. The van der Waals surface area contributed by atoms with E-state index in [1.54, 1.807) is 84.4 Å². The van der Waals surface area contributed by atoms with Gasteiger partial charge in [0.25, 0.3) is 5.91 Å². The molecule has 0 fully saturated rings. The topological polar surface area (TPSA) is 142 Å². The van der Waals surface area contributed by atoms with E-state index in [2.05, 4.69) is 26.0 Å². The highest BCUT2D eigenvalue weighted by atomic mass is 16.6. The van der Waals surface area contributed by atoms with Crippen LogP contribution >= 0.6 is 0 Å². The number of benzene rings is 2. The van der Waals surface area contributed by atoms with E-state index in [4.69, 9.17) is 9.47 Å². The maximum Gasteiger partial charge on any atom is 0.435 e. The van der Waals surface area contributed by atoms with E-state index in [9.17, 15) is 14.4 Å². The van der Waals surface area contributed by atoms with Crippen LogP contribution in [-0.2, 0) is 14.3 Å². The van der Waals surface area contributed by atoms with Gasteiger partial charge in [-0.2, -0.15) is 9.78 Å². The molecule has 4 rings (SSSR count). The minimum atomic E-state index is -0.922. The lowest BCUT2D eigenvalue weighted by molar-refractivity contribution is -0.119. The van der Waals surface area contributed by atoms with Crippen molar-refractivity contribution in [3.63, 3.8) is 0 Å². The molecule has 0 saturated heterocycles. The van der Waals surface area contributed by atoms with Crippen LogP contribution in [0.2, 0.25) is 0 Å². The van der Waals surface area contributed by atoms with Gasteiger partial charge in [-0.25, -0.2) is 14.3 Å². The van der Waals surface area contributed by atoms with Crippen LogP contribution in [-0.4, -0.2) is 60.6 Å². The molecule has 2 amide bonds. The summed E-state index contributed by atoms with van der Waals surface area (Å²) < 4.78 is 13.2. The molecule has 12 nitrogen and oxygen atoms in total. The van der Waals surface area contributed by atoms with Crippen LogP contribution in [0.3, 0.4) is 0 Å². The molecule has 0 aliphatic rings. The van der Waals surface area contributed by atoms with Crippen molar-refractivity contribution >= 4 is 23.8 Å². The van der Waals surface area contributed by atoms with Crippen molar-refractivity contribution in [2.24, 2.45) is 0 Å². The molecule has 12 heteroatoms. The van der Waals surface area contributed by atoms with E-state index in [1.165, 1.54) is 4.68 Å². The van der Waals surface area contributed by atoms with E-state index in [-0.39, 0.29) is 6.54 Å². The fourth-order valence-electron chi connectivity index (χ4n) is 3.82. The van der Waals surface area contributed by atoms with Crippen LogP contribution in [0.4, 0.5) is 15.3 Å². The largest absolute Gasteiger partial charge is 0.444 e. The Bertz CT molecular complexity index is 1530. The third kappa shape index (κ3) is 8.26. The van der Waals surface area contributed by atoms with Crippen LogP contribution < -0.4 is 10.6 Å². The fourth-order valence-corrected chi connectivity index (χ4v) is 3.82. The summed E-state index contributed by atoms with van der Waals surface area (Å²) in [6.07, 6.45) is 3.56. The number of amides is 2. The smallest absolute Gasteiger partial charge is 0.435 e. The zero-order valence-electron chi connectivity index (χ0n) is 24.5. The highest BCUT2D eigenvalue weighted by Crippen LogP contribution is 2.23. The average molecular weight is 574 g/mol. The summed E-state index contributed by atoms with van der Waals surface area (Å²) >= 11 is 0. The second kappa shape index (κ2) is 12.2.